The molecule has 2 aromatic rings. The number of hydrogen-bond donors (Lipinski definition) is 2. The van der Waals surface area contributed by atoms with E-state index in [-0.39, 0.29) is 12.4 Å². The van der Waals surface area contributed by atoms with Gasteiger partial charge in [0.25, 0.3) is 0 Å². The summed E-state index contributed by atoms with van der Waals surface area (Å²) in [6.07, 6.45) is -1.24. The van der Waals surface area contributed by atoms with Crippen LogP contribution in [0.5, 0.6) is 0 Å². The van der Waals surface area contributed by atoms with Crippen LogP contribution >= 0.6 is 0 Å². The minimum absolute atomic E-state index is 0.00262. The Morgan fingerprint density at radius 3 is 2.68 bits per heavy atom. The van der Waals surface area contributed by atoms with Crippen LogP contribution in [-0.4, -0.2) is 19.5 Å². The molecule has 2 rings (SSSR count). The van der Waals surface area contributed by atoms with Crippen molar-refractivity contribution in [2.24, 2.45) is 7.05 Å². The van der Waals surface area contributed by atoms with Crippen LogP contribution in [0.4, 0.5) is 24.9 Å². The summed E-state index contributed by atoms with van der Waals surface area (Å²) in [5.41, 5.74) is 4.17. The standard InChI is InChI=1S/C10H11F3N6/c1-19-3-2-15-8(19)5-16-7-4-6(10(11,12)13)17-9(14)18-7/h2-4H,5H2,1H3,(H3,14,16,17,18). The van der Waals surface area contributed by atoms with Crippen molar-refractivity contribution in [2.75, 3.05) is 11.1 Å². The van der Waals surface area contributed by atoms with Gasteiger partial charge < -0.3 is 15.6 Å². The van der Waals surface area contributed by atoms with E-state index in [9.17, 15) is 13.2 Å². The van der Waals surface area contributed by atoms with E-state index >= 15 is 0 Å². The van der Waals surface area contributed by atoms with Gasteiger partial charge in [0.2, 0.25) is 5.95 Å². The monoisotopic (exact) mass is 272 g/mol. The molecule has 0 amide bonds. The van der Waals surface area contributed by atoms with Crippen molar-refractivity contribution in [3.63, 3.8) is 0 Å². The number of nitrogens with zero attached hydrogens (tertiary/aromatic N) is 4. The van der Waals surface area contributed by atoms with E-state index in [1.807, 2.05) is 0 Å². The number of alkyl halides is 3. The molecule has 0 radical (unpaired) electrons. The molecule has 0 aliphatic rings. The Bertz CT molecular complexity index is 577. The Kier molecular flexibility index (Phi) is 3.28. The number of nitrogen functional groups attached to an aromatic ring is 1. The van der Waals surface area contributed by atoms with Crippen LogP contribution in [-0.2, 0) is 19.8 Å². The van der Waals surface area contributed by atoms with E-state index in [1.165, 1.54) is 0 Å². The number of rotatable bonds is 3. The lowest BCUT2D eigenvalue weighted by molar-refractivity contribution is -0.141. The van der Waals surface area contributed by atoms with Gasteiger partial charge in [0, 0.05) is 25.5 Å². The third-order valence-corrected chi connectivity index (χ3v) is 2.38. The second-order valence-corrected chi connectivity index (χ2v) is 3.80. The first-order valence-corrected chi connectivity index (χ1v) is 5.28. The largest absolute Gasteiger partial charge is 0.433 e. The van der Waals surface area contributed by atoms with Crippen molar-refractivity contribution < 1.29 is 13.2 Å². The molecule has 6 nitrogen and oxygen atoms in total. The van der Waals surface area contributed by atoms with Gasteiger partial charge in [0.1, 0.15) is 11.6 Å². The van der Waals surface area contributed by atoms with Crippen LogP contribution in [0, 0.1) is 0 Å². The maximum absolute atomic E-state index is 12.5. The van der Waals surface area contributed by atoms with E-state index in [2.05, 4.69) is 20.3 Å². The summed E-state index contributed by atoms with van der Waals surface area (Å²) in [4.78, 5) is 10.9. The maximum atomic E-state index is 12.5. The second kappa shape index (κ2) is 4.75. The summed E-state index contributed by atoms with van der Waals surface area (Å²) in [5, 5.41) is 2.73. The van der Waals surface area contributed by atoms with E-state index in [1.54, 1.807) is 24.0 Å². The molecule has 0 aliphatic heterocycles. The van der Waals surface area contributed by atoms with Crippen LogP contribution in [0.2, 0.25) is 0 Å². The summed E-state index contributed by atoms with van der Waals surface area (Å²) >= 11 is 0. The van der Waals surface area contributed by atoms with E-state index in [0.717, 1.165) is 6.07 Å². The van der Waals surface area contributed by atoms with Crippen molar-refractivity contribution >= 4 is 11.8 Å². The first-order valence-electron chi connectivity index (χ1n) is 5.28. The molecule has 102 valence electrons. The number of imidazole rings is 1. The highest BCUT2D eigenvalue weighted by molar-refractivity contribution is 5.41. The number of aromatic nitrogens is 4. The summed E-state index contributed by atoms with van der Waals surface area (Å²) < 4.78 is 39.3. The third-order valence-electron chi connectivity index (χ3n) is 2.38. The molecule has 0 aliphatic carbocycles. The lowest BCUT2D eigenvalue weighted by atomic mass is 10.3. The first-order chi connectivity index (χ1) is 8.86. The van der Waals surface area contributed by atoms with Crippen LogP contribution in [0.1, 0.15) is 11.5 Å². The van der Waals surface area contributed by atoms with Crippen LogP contribution < -0.4 is 11.1 Å². The molecule has 0 aromatic carbocycles. The highest BCUT2D eigenvalue weighted by Gasteiger charge is 2.33. The summed E-state index contributed by atoms with van der Waals surface area (Å²) in [5.74, 6) is 0.228. The first kappa shape index (κ1) is 13.1. The Labute approximate surface area is 106 Å². The normalized spacial score (nSPS) is 11.6. The average molecular weight is 272 g/mol. The van der Waals surface area contributed by atoms with Crippen molar-refractivity contribution in [1.29, 1.82) is 0 Å². The van der Waals surface area contributed by atoms with Crippen LogP contribution in [0.25, 0.3) is 0 Å². The molecule has 0 unspecified atom stereocenters. The van der Waals surface area contributed by atoms with Crippen molar-refractivity contribution in [2.45, 2.75) is 12.7 Å². The predicted molar refractivity (Wildman–Crippen MR) is 62.0 cm³/mol. The molecular weight excluding hydrogens is 261 g/mol. The zero-order valence-corrected chi connectivity index (χ0v) is 9.94. The summed E-state index contributed by atoms with van der Waals surface area (Å²) in [6.45, 7) is 0.233. The minimum atomic E-state index is -4.56. The molecule has 9 heteroatoms. The van der Waals surface area contributed by atoms with Gasteiger partial charge in [0.05, 0.1) is 6.54 Å². The quantitative estimate of drug-likeness (QED) is 0.883. The zero-order valence-electron chi connectivity index (χ0n) is 9.94. The molecule has 3 N–H and O–H groups in total. The van der Waals surface area contributed by atoms with Gasteiger partial charge in [-0.3, -0.25) is 0 Å². The van der Waals surface area contributed by atoms with Gasteiger partial charge in [-0.25, -0.2) is 9.97 Å². The number of nitrogens with one attached hydrogen (secondary N) is 1. The van der Waals surface area contributed by atoms with Gasteiger partial charge in [-0.1, -0.05) is 0 Å². The molecular formula is C10H11F3N6. The van der Waals surface area contributed by atoms with E-state index < -0.39 is 17.8 Å². The fourth-order valence-electron chi connectivity index (χ4n) is 1.44. The lowest BCUT2D eigenvalue weighted by Crippen LogP contribution is -2.13. The summed E-state index contributed by atoms with van der Waals surface area (Å²) in [6, 6.07) is 0.805. The smallest absolute Gasteiger partial charge is 0.368 e. The molecule has 2 aromatic heterocycles. The Hall–Kier alpha value is -2.32. The van der Waals surface area contributed by atoms with Crippen molar-refractivity contribution in [3.8, 4) is 0 Å². The Balaban J connectivity index is 2.17. The fraction of sp³-hybridized carbons (Fsp3) is 0.300. The molecule has 19 heavy (non-hydrogen) atoms. The zero-order chi connectivity index (χ0) is 14.0. The highest BCUT2D eigenvalue weighted by atomic mass is 19.4. The third kappa shape index (κ3) is 3.12. The molecule has 2 heterocycles. The number of aryl methyl sites for hydroxylation is 1. The van der Waals surface area contributed by atoms with Crippen molar-refractivity contribution in [1.82, 2.24) is 19.5 Å². The molecule has 0 saturated heterocycles. The number of nitrogens with two attached hydrogens (primary N) is 1. The SMILES string of the molecule is Cn1ccnc1CNc1cc(C(F)(F)F)nc(N)n1. The number of hydrogen-bond acceptors (Lipinski definition) is 5. The second-order valence-electron chi connectivity index (χ2n) is 3.80. The lowest BCUT2D eigenvalue weighted by Gasteiger charge is -2.10. The number of halogens is 3. The molecule has 0 bridgehead atoms. The molecule has 0 spiro atoms. The fourth-order valence-corrected chi connectivity index (χ4v) is 1.44. The van der Waals surface area contributed by atoms with Crippen LogP contribution in [0.15, 0.2) is 18.5 Å². The van der Waals surface area contributed by atoms with Gasteiger partial charge in [-0.2, -0.15) is 18.2 Å². The molecule has 0 atom stereocenters. The average Bonchev–Trinajstić information content (AvgIpc) is 2.70. The summed E-state index contributed by atoms with van der Waals surface area (Å²) in [7, 11) is 1.78. The number of anilines is 2. The highest BCUT2D eigenvalue weighted by Crippen LogP contribution is 2.29. The van der Waals surface area contributed by atoms with E-state index in [0.29, 0.717) is 5.82 Å². The van der Waals surface area contributed by atoms with Gasteiger partial charge >= 0.3 is 6.18 Å². The molecule has 0 saturated carbocycles. The maximum Gasteiger partial charge on any atom is 0.433 e. The van der Waals surface area contributed by atoms with Gasteiger partial charge in [-0.05, 0) is 0 Å². The topological polar surface area (TPSA) is 81.7 Å². The van der Waals surface area contributed by atoms with E-state index in [4.69, 9.17) is 5.73 Å². The Morgan fingerprint density at radius 1 is 1.37 bits per heavy atom. The minimum Gasteiger partial charge on any atom is -0.368 e. The predicted octanol–water partition coefficient (Wildman–Crippen LogP) is 1.42. The van der Waals surface area contributed by atoms with Crippen molar-refractivity contribution in [3.05, 3.63) is 30.0 Å². The van der Waals surface area contributed by atoms with Crippen LogP contribution in [0.3, 0.4) is 0 Å². The Morgan fingerprint density at radius 2 is 2.11 bits per heavy atom. The molecule has 0 fully saturated rings. The van der Waals surface area contributed by atoms with Gasteiger partial charge in [-0.15, -0.1) is 0 Å². The van der Waals surface area contributed by atoms with Gasteiger partial charge in [0.15, 0.2) is 5.69 Å².